The van der Waals surface area contributed by atoms with Crippen LogP contribution in [0, 0.1) is 0 Å². The maximum Gasteiger partial charge on any atom is 0.329 e. The second-order valence-corrected chi connectivity index (χ2v) is 3.68. The number of rotatable bonds is 6. The Morgan fingerprint density at radius 2 is 2.29 bits per heavy atom. The molecular weight excluding hydrogens is 202 g/mol. The molecule has 0 saturated carbocycles. The third-order valence-electron chi connectivity index (χ3n) is 1.38. The molecule has 1 N–H and O–H groups in total. The quantitative estimate of drug-likeness (QED) is 0.402. The maximum absolute atomic E-state index is 11.2. The van der Waals surface area contributed by atoms with Gasteiger partial charge in [0.1, 0.15) is 6.04 Å². The predicted molar refractivity (Wildman–Crippen MR) is 57.1 cm³/mol. The Bertz CT molecular complexity index is 218. The van der Waals surface area contributed by atoms with E-state index in [0.717, 1.165) is 5.75 Å². The first kappa shape index (κ1) is 13.0. The van der Waals surface area contributed by atoms with Crippen LogP contribution in [0.1, 0.15) is 6.92 Å². The summed E-state index contributed by atoms with van der Waals surface area (Å²) in [4.78, 5) is 21.9. The van der Waals surface area contributed by atoms with Gasteiger partial charge in [0.2, 0.25) is 5.91 Å². The van der Waals surface area contributed by atoms with Gasteiger partial charge >= 0.3 is 5.97 Å². The van der Waals surface area contributed by atoms with Crippen molar-refractivity contribution in [3.63, 3.8) is 0 Å². The van der Waals surface area contributed by atoms with Gasteiger partial charge in [-0.1, -0.05) is 6.08 Å². The predicted octanol–water partition coefficient (Wildman–Crippen LogP) is 0.583. The number of carbonyl (C=O) groups is 2. The van der Waals surface area contributed by atoms with Crippen molar-refractivity contribution in [2.45, 2.75) is 13.0 Å². The van der Waals surface area contributed by atoms with Crippen LogP contribution in [0.4, 0.5) is 0 Å². The summed E-state index contributed by atoms with van der Waals surface area (Å²) in [6, 6.07) is -0.567. The fourth-order valence-electron chi connectivity index (χ4n) is 0.825. The SMILES string of the molecule is C=CCSC[C@H](NC(C)=O)C(=O)OC. The molecule has 0 aliphatic carbocycles. The zero-order valence-electron chi connectivity index (χ0n) is 8.41. The summed E-state index contributed by atoms with van der Waals surface area (Å²) in [6.07, 6.45) is 1.74. The molecule has 0 radical (unpaired) electrons. The summed E-state index contributed by atoms with van der Waals surface area (Å²) in [5.74, 6) is 0.585. The largest absolute Gasteiger partial charge is 0.467 e. The average Bonchev–Trinajstić information content (AvgIpc) is 2.15. The van der Waals surface area contributed by atoms with Crippen molar-refractivity contribution >= 4 is 23.6 Å². The van der Waals surface area contributed by atoms with Crippen molar-refractivity contribution in [2.24, 2.45) is 0 Å². The molecule has 0 unspecified atom stereocenters. The van der Waals surface area contributed by atoms with Crippen molar-refractivity contribution < 1.29 is 14.3 Å². The molecule has 80 valence electrons. The maximum atomic E-state index is 11.2. The highest BCUT2D eigenvalue weighted by molar-refractivity contribution is 7.99. The van der Waals surface area contributed by atoms with Crippen LogP contribution in [0.25, 0.3) is 0 Å². The Morgan fingerprint density at radius 3 is 2.71 bits per heavy atom. The number of carbonyl (C=O) groups excluding carboxylic acids is 2. The number of ether oxygens (including phenoxy) is 1. The average molecular weight is 217 g/mol. The van der Waals surface area contributed by atoms with Crippen LogP contribution < -0.4 is 5.32 Å². The van der Waals surface area contributed by atoms with Crippen LogP contribution >= 0.6 is 11.8 Å². The van der Waals surface area contributed by atoms with Crippen molar-refractivity contribution in [1.29, 1.82) is 0 Å². The molecular formula is C9H15NO3S. The van der Waals surface area contributed by atoms with Crippen molar-refractivity contribution in [2.75, 3.05) is 18.6 Å². The lowest BCUT2D eigenvalue weighted by Crippen LogP contribution is -2.42. The van der Waals surface area contributed by atoms with Gasteiger partial charge in [-0.15, -0.1) is 6.58 Å². The molecule has 0 spiro atoms. The van der Waals surface area contributed by atoms with Crippen LogP contribution in [0.3, 0.4) is 0 Å². The van der Waals surface area contributed by atoms with E-state index in [4.69, 9.17) is 0 Å². The molecule has 0 saturated heterocycles. The Labute approximate surface area is 88.1 Å². The number of amides is 1. The number of hydrogen-bond donors (Lipinski definition) is 1. The molecule has 0 heterocycles. The molecule has 0 rings (SSSR count). The van der Waals surface area contributed by atoms with Gasteiger partial charge in [0.25, 0.3) is 0 Å². The number of nitrogens with one attached hydrogen (secondary N) is 1. The minimum Gasteiger partial charge on any atom is -0.467 e. The first-order valence-electron chi connectivity index (χ1n) is 4.15. The normalized spacial score (nSPS) is 11.6. The van der Waals surface area contributed by atoms with Gasteiger partial charge < -0.3 is 10.1 Å². The van der Waals surface area contributed by atoms with E-state index in [-0.39, 0.29) is 5.91 Å². The molecule has 0 aromatic rings. The van der Waals surface area contributed by atoms with Crippen LogP contribution in [-0.2, 0) is 14.3 Å². The van der Waals surface area contributed by atoms with Gasteiger partial charge in [-0.3, -0.25) is 4.79 Å². The monoisotopic (exact) mass is 217 g/mol. The minimum atomic E-state index is -0.567. The van der Waals surface area contributed by atoms with Crippen molar-refractivity contribution in [3.05, 3.63) is 12.7 Å². The molecule has 0 aliphatic rings. The zero-order valence-corrected chi connectivity index (χ0v) is 9.23. The standard InChI is InChI=1S/C9H15NO3S/c1-4-5-14-6-8(9(12)13-3)10-7(2)11/h4,8H,1,5-6H2,2-3H3,(H,10,11)/t8-/m0/s1. The van der Waals surface area contributed by atoms with Gasteiger partial charge in [-0.25, -0.2) is 4.79 Å². The topological polar surface area (TPSA) is 55.4 Å². The third-order valence-corrected chi connectivity index (χ3v) is 2.42. The molecule has 1 atom stereocenters. The van der Waals surface area contributed by atoms with Crippen molar-refractivity contribution in [1.82, 2.24) is 5.32 Å². The van der Waals surface area contributed by atoms with E-state index in [1.807, 2.05) is 0 Å². The highest BCUT2D eigenvalue weighted by Crippen LogP contribution is 2.04. The summed E-state index contributed by atoms with van der Waals surface area (Å²) in [7, 11) is 1.30. The molecule has 5 heteroatoms. The van der Waals surface area contributed by atoms with E-state index in [1.54, 1.807) is 6.08 Å². The van der Waals surface area contributed by atoms with Crippen LogP contribution in [-0.4, -0.2) is 36.5 Å². The van der Waals surface area contributed by atoms with Crippen LogP contribution in [0.2, 0.25) is 0 Å². The van der Waals surface area contributed by atoms with E-state index in [0.29, 0.717) is 5.75 Å². The number of esters is 1. The van der Waals surface area contributed by atoms with Gasteiger partial charge in [0.05, 0.1) is 7.11 Å². The highest BCUT2D eigenvalue weighted by atomic mass is 32.2. The molecule has 0 fully saturated rings. The van der Waals surface area contributed by atoms with E-state index >= 15 is 0 Å². The molecule has 0 aliphatic heterocycles. The fourth-order valence-corrected chi connectivity index (χ4v) is 1.58. The number of thioether (sulfide) groups is 1. The summed E-state index contributed by atoms with van der Waals surface area (Å²) in [5, 5.41) is 2.52. The molecule has 4 nitrogen and oxygen atoms in total. The van der Waals surface area contributed by atoms with Crippen molar-refractivity contribution in [3.8, 4) is 0 Å². The lowest BCUT2D eigenvalue weighted by Gasteiger charge is -2.14. The number of hydrogen-bond acceptors (Lipinski definition) is 4. The Morgan fingerprint density at radius 1 is 1.64 bits per heavy atom. The first-order chi connectivity index (χ1) is 6.61. The zero-order chi connectivity index (χ0) is 11.0. The highest BCUT2D eigenvalue weighted by Gasteiger charge is 2.19. The lowest BCUT2D eigenvalue weighted by molar-refractivity contribution is -0.144. The summed E-state index contributed by atoms with van der Waals surface area (Å²) in [5.41, 5.74) is 0. The summed E-state index contributed by atoms with van der Waals surface area (Å²) >= 11 is 1.51. The Balaban J connectivity index is 4.03. The minimum absolute atomic E-state index is 0.236. The lowest BCUT2D eigenvalue weighted by atomic mass is 10.3. The molecule has 14 heavy (non-hydrogen) atoms. The second kappa shape index (κ2) is 7.44. The molecule has 1 amide bonds. The first-order valence-corrected chi connectivity index (χ1v) is 5.30. The summed E-state index contributed by atoms with van der Waals surface area (Å²) in [6.45, 7) is 4.93. The van der Waals surface area contributed by atoms with E-state index in [9.17, 15) is 9.59 Å². The van der Waals surface area contributed by atoms with Crippen LogP contribution in [0.5, 0.6) is 0 Å². The number of methoxy groups -OCH3 is 1. The Hall–Kier alpha value is -0.970. The van der Waals surface area contributed by atoms with E-state index in [1.165, 1.54) is 25.8 Å². The van der Waals surface area contributed by atoms with Crippen LogP contribution in [0.15, 0.2) is 12.7 Å². The van der Waals surface area contributed by atoms with Gasteiger partial charge in [-0.2, -0.15) is 11.8 Å². The fraction of sp³-hybridized carbons (Fsp3) is 0.556. The third kappa shape index (κ3) is 5.64. The van der Waals surface area contributed by atoms with Gasteiger partial charge in [0.15, 0.2) is 0 Å². The van der Waals surface area contributed by atoms with Gasteiger partial charge in [0, 0.05) is 18.4 Å². The molecule has 0 aromatic carbocycles. The Kier molecular flexibility index (Phi) is 6.92. The van der Waals surface area contributed by atoms with Gasteiger partial charge in [-0.05, 0) is 0 Å². The smallest absolute Gasteiger partial charge is 0.329 e. The molecule has 0 bridgehead atoms. The molecule has 0 aromatic heterocycles. The second-order valence-electron chi connectivity index (χ2n) is 2.60. The van der Waals surface area contributed by atoms with E-state index < -0.39 is 12.0 Å². The summed E-state index contributed by atoms with van der Waals surface area (Å²) < 4.78 is 4.55. The van der Waals surface area contributed by atoms with E-state index in [2.05, 4.69) is 16.6 Å².